The third kappa shape index (κ3) is 7.80. The molecular weight excluding hydrogens is 603 g/mol. The molecule has 1 N–H and O–H groups in total. The molecule has 10 heteroatoms. The van der Waals surface area contributed by atoms with Gasteiger partial charge in [0.1, 0.15) is 17.2 Å². The minimum atomic E-state index is -0.856. The summed E-state index contributed by atoms with van der Waals surface area (Å²) in [6, 6.07) is 30.1. The van der Waals surface area contributed by atoms with E-state index in [2.05, 4.69) is 10.5 Å². The van der Waals surface area contributed by atoms with Gasteiger partial charge < -0.3 is 14.2 Å². The summed E-state index contributed by atoms with van der Waals surface area (Å²) in [5.74, 6) is -1.13. The van der Waals surface area contributed by atoms with Crippen LogP contribution in [0.15, 0.2) is 114 Å². The number of ether oxygens (including phenoxy) is 3. The van der Waals surface area contributed by atoms with E-state index in [1.807, 2.05) is 36.4 Å². The summed E-state index contributed by atoms with van der Waals surface area (Å²) in [7, 11) is 0. The molecule has 0 aliphatic rings. The topological polar surface area (TPSA) is 103 Å². The van der Waals surface area contributed by atoms with Gasteiger partial charge in [-0.3, -0.25) is 4.79 Å². The van der Waals surface area contributed by atoms with Crippen LogP contribution in [0.2, 0.25) is 10.0 Å². The Morgan fingerprint density at radius 2 is 1.30 bits per heavy atom. The molecule has 0 aliphatic heterocycles. The Hall–Kier alpha value is -5.18. The van der Waals surface area contributed by atoms with Gasteiger partial charge in [0.2, 0.25) is 0 Å². The zero-order valence-corrected chi connectivity index (χ0v) is 24.7. The molecule has 0 saturated carbocycles. The van der Waals surface area contributed by atoms with E-state index in [0.717, 1.165) is 10.8 Å². The number of hydrogen-bond donors (Lipinski definition) is 1. The molecule has 5 aromatic carbocycles. The van der Waals surface area contributed by atoms with Gasteiger partial charge in [-0.15, -0.1) is 0 Å². The van der Waals surface area contributed by atoms with Crippen LogP contribution in [0.3, 0.4) is 0 Å². The Morgan fingerprint density at radius 1 is 0.705 bits per heavy atom. The van der Waals surface area contributed by atoms with Crippen molar-refractivity contribution in [3.63, 3.8) is 0 Å². The molecule has 0 aromatic heterocycles. The van der Waals surface area contributed by atoms with Crippen molar-refractivity contribution in [2.75, 3.05) is 0 Å². The van der Waals surface area contributed by atoms with Crippen LogP contribution in [0.1, 0.15) is 33.2 Å². The molecule has 0 saturated heterocycles. The van der Waals surface area contributed by atoms with Crippen LogP contribution in [0.5, 0.6) is 17.2 Å². The lowest BCUT2D eigenvalue weighted by Gasteiger charge is -2.13. The first-order chi connectivity index (χ1) is 21.2. The van der Waals surface area contributed by atoms with E-state index in [1.54, 1.807) is 37.3 Å². The molecule has 8 nitrogen and oxygen atoms in total. The highest BCUT2D eigenvalue weighted by molar-refractivity contribution is 6.31. The largest absolute Gasteiger partial charge is 0.481 e. The molecule has 1 amide bonds. The number of hydrazone groups is 1. The highest BCUT2D eigenvalue weighted by Crippen LogP contribution is 2.26. The average Bonchev–Trinajstić information content (AvgIpc) is 3.02. The number of esters is 2. The number of halogens is 2. The molecule has 5 aromatic rings. The maximum absolute atomic E-state index is 12.9. The van der Waals surface area contributed by atoms with Crippen LogP contribution in [0, 0.1) is 0 Å². The summed E-state index contributed by atoms with van der Waals surface area (Å²) in [5, 5.41) is 6.99. The SMILES string of the molecule is C[C@@H](Oc1ccc2ccccc2c1)C(=O)N/N=C\c1ccc(OC(=O)c2ccc(Cl)cc2)cc1OC(=O)c1ccc(Cl)cc1. The molecule has 0 radical (unpaired) electrons. The number of nitrogens with one attached hydrogen (secondary N) is 1. The molecule has 44 heavy (non-hydrogen) atoms. The fourth-order valence-electron chi connectivity index (χ4n) is 4.02. The molecule has 5 rings (SSSR count). The van der Waals surface area contributed by atoms with E-state index in [-0.39, 0.29) is 22.6 Å². The zero-order valence-electron chi connectivity index (χ0n) is 23.2. The van der Waals surface area contributed by atoms with Gasteiger partial charge in [-0.2, -0.15) is 5.10 Å². The molecule has 0 fully saturated rings. The number of benzene rings is 5. The smallest absolute Gasteiger partial charge is 0.343 e. The molecule has 0 aliphatic carbocycles. The highest BCUT2D eigenvalue weighted by Gasteiger charge is 2.17. The average molecular weight is 627 g/mol. The first-order valence-corrected chi connectivity index (χ1v) is 14.1. The van der Waals surface area contributed by atoms with Crippen molar-refractivity contribution < 1.29 is 28.6 Å². The molecule has 220 valence electrons. The number of amides is 1. The predicted octanol–water partition coefficient (Wildman–Crippen LogP) is 7.50. The number of carbonyl (C=O) groups excluding carboxylic acids is 3. The lowest BCUT2D eigenvalue weighted by atomic mass is 10.1. The highest BCUT2D eigenvalue weighted by atomic mass is 35.5. The second-order valence-electron chi connectivity index (χ2n) is 9.50. The van der Waals surface area contributed by atoms with Gasteiger partial charge in [0.05, 0.1) is 17.3 Å². The fourth-order valence-corrected chi connectivity index (χ4v) is 4.28. The van der Waals surface area contributed by atoms with Crippen LogP contribution < -0.4 is 19.6 Å². The second-order valence-corrected chi connectivity index (χ2v) is 10.4. The van der Waals surface area contributed by atoms with Crippen molar-refractivity contribution in [1.82, 2.24) is 5.43 Å². The van der Waals surface area contributed by atoms with Crippen LogP contribution in [0.4, 0.5) is 0 Å². The van der Waals surface area contributed by atoms with E-state index in [0.29, 0.717) is 21.4 Å². The number of nitrogens with zero attached hydrogens (tertiary/aromatic N) is 1. The lowest BCUT2D eigenvalue weighted by molar-refractivity contribution is -0.127. The van der Waals surface area contributed by atoms with Crippen molar-refractivity contribution in [1.29, 1.82) is 0 Å². The Balaban J connectivity index is 1.30. The summed E-state index contributed by atoms with van der Waals surface area (Å²) in [5.41, 5.74) is 3.28. The monoisotopic (exact) mass is 626 g/mol. The Morgan fingerprint density at radius 3 is 1.95 bits per heavy atom. The normalized spacial score (nSPS) is 11.6. The molecule has 0 unspecified atom stereocenters. The first-order valence-electron chi connectivity index (χ1n) is 13.3. The van der Waals surface area contributed by atoms with Crippen LogP contribution in [0.25, 0.3) is 10.8 Å². The molecular formula is C34H24Cl2N2O6. The van der Waals surface area contributed by atoms with Crippen LogP contribution in [-0.2, 0) is 4.79 Å². The molecule has 0 heterocycles. The van der Waals surface area contributed by atoms with Crippen LogP contribution in [-0.4, -0.2) is 30.2 Å². The Labute approximate surface area is 262 Å². The summed E-state index contributed by atoms with van der Waals surface area (Å²) in [4.78, 5) is 38.2. The van der Waals surface area contributed by atoms with Crippen molar-refractivity contribution >= 4 is 58.0 Å². The number of hydrogen-bond acceptors (Lipinski definition) is 7. The van der Waals surface area contributed by atoms with Gasteiger partial charge in [0.25, 0.3) is 5.91 Å². The van der Waals surface area contributed by atoms with E-state index >= 15 is 0 Å². The Bertz CT molecular complexity index is 1860. The fraction of sp³-hybridized carbons (Fsp3) is 0.0588. The van der Waals surface area contributed by atoms with Crippen molar-refractivity contribution in [3.8, 4) is 17.2 Å². The number of carbonyl (C=O) groups is 3. The van der Waals surface area contributed by atoms with E-state index in [4.69, 9.17) is 37.4 Å². The summed E-state index contributed by atoms with van der Waals surface area (Å²) in [6.07, 6.45) is 0.445. The quantitative estimate of drug-likeness (QED) is 0.0786. The third-order valence-corrected chi connectivity index (χ3v) is 6.84. The number of fused-ring (bicyclic) bond motifs is 1. The van der Waals surface area contributed by atoms with Crippen molar-refractivity contribution in [2.45, 2.75) is 13.0 Å². The van der Waals surface area contributed by atoms with Crippen LogP contribution >= 0.6 is 23.2 Å². The van der Waals surface area contributed by atoms with Gasteiger partial charge >= 0.3 is 11.9 Å². The van der Waals surface area contributed by atoms with Gasteiger partial charge in [0, 0.05) is 21.7 Å². The maximum atomic E-state index is 12.9. The molecule has 0 bridgehead atoms. The Kier molecular flexibility index (Phi) is 9.54. The van der Waals surface area contributed by atoms with Gasteiger partial charge in [-0.1, -0.05) is 53.5 Å². The third-order valence-electron chi connectivity index (χ3n) is 6.34. The van der Waals surface area contributed by atoms with Crippen molar-refractivity contribution in [3.05, 3.63) is 136 Å². The van der Waals surface area contributed by atoms with Crippen molar-refractivity contribution in [2.24, 2.45) is 5.10 Å². The summed E-state index contributed by atoms with van der Waals surface area (Å²) < 4.78 is 16.9. The molecule has 0 spiro atoms. The summed E-state index contributed by atoms with van der Waals surface area (Å²) in [6.45, 7) is 1.60. The first kappa shape index (κ1) is 30.3. The van der Waals surface area contributed by atoms with Gasteiger partial charge in [0.15, 0.2) is 6.10 Å². The van der Waals surface area contributed by atoms with E-state index in [1.165, 1.54) is 48.7 Å². The van der Waals surface area contributed by atoms with Gasteiger partial charge in [-0.05, 0) is 90.5 Å². The summed E-state index contributed by atoms with van der Waals surface area (Å²) >= 11 is 11.8. The second kappa shape index (κ2) is 13.9. The predicted molar refractivity (Wildman–Crippen MR) is 169 cm³/mol. The van der Waals surface area contributed by atoms with E-state index < -0.39 is 23.9 Å². The molecule has 1 atom stereocenters. The minimum absolute atomic E-state index is 0.0322. The standard InChI is InChI=1S/C34H24Cl2N2O6/c1-21(42-29-16-10-22-4-2-3-5-25(22)18-29)32(39)38-37-20-26-11-17-30(43-33(40)23-6-12-27(35)13-7-23)19-31(26)44-34(41)24-8-14-28(36)15-9-24/h2-21H,1H3,(H,38,39)/b37-20-/t21-/m1/s1. The van der Waals surface area contributed by atoms with E-state index in [9.17, 15) is 14.4 Å². The lowest BCUT2D eigenvalue weighted by Crippen LogP contribution is -2.33. The zero-order chi connectivity index (χ0) is 31.1. The maximum Gasteiger partial charge on any atom is 0.343 e. The minimum Gasteiger partial charge on any atom is -0.481 e. The number of rotatable bonds is 9. The van der Waals surface area contributed by atoms with Gasteiger partial charge in [-0.25, -0.2) is 15.0 Å².